The lowest BCUT2D eigenvalue weighted by molar-refractivity contribution is -0.122. The van der Waals surface area contributed by atoms with E-state index in [4.69, 9.17) is 17.3 Å². The molecule has 1 aromatic rings. The van der Waals surface area contributed by atoms with Crippen LogP contribution in [0.2, 0.25) is 5.02 Å². The summed E-state index contributed by atoms with van der Waals surface area (Å²) in [6.45, 7) is 2.51. The Morgan fingerprint density at radius 2 is 2.16 bits per heavy atom. The van der Waals surface area contributed by atoms with Crippen LogP contribution in [0.3, 0.4) is 0 Å². The lowest BCUT2D eigenvalue weighted by Crippen LogP contribution is -2.39. The van der Waals surface area contributed by atoms with Crippen LogP contribution in [-0.2, 0) is 11.3 Å². The third-order valence-electron chi connectivity index (χ3n) is 3.65. The second-order valence-electron chi connectivity index (χ2n) is 4.97. The number of amides is 1. The molecule has 4 nitrogen and oxygen atoms in total. The highest BCUT2D eigenvalue weighted by Gasteiger charge is 2.24. The summed E-state index contributed by atoms with van der Waals surface area (Å²) in [5.41, 5.74) is 7.75. The average Bonchev–Trinajstić information content (AvgIpc) is 2.41. The Bertz CT molecular complexity index is 456. The van der Waals surface area contributed by atoms with Gasteiger partial charge in [-0.2, -0.15) is 0 Å². The number of carbonyl (C=O) groups is 1. The summed E-state index contributed by atoms with van der Waals surface area (Å²) in [6.07, 6.45) is 1.64. The molecule has 0 aliphatic carbocycles. The van der Waals surface area contributed by atoms with Crippen molar-refractivity contribution in [1.82, 2.24) is 5.32 Å². The third kappa shape index (κ3) is 3.39. The fourth-order valence-electron chi connectivity index (χ4n) is 2.58. The van der Waals surface area contributed by atoms with E-state index >= 15 is 0 Å². The van der Waals surface area contributed by atoms with Crippen LogP contribution < -0.4 is 16.0 Å². The van der Waals surface area contributed by atoms with Crippen LogP contribution in [0.25, 0.3) is 0 Å². The van der Waals surface area contributed by atoms with Crippen LogP contribution in [0.5, 0.6) is 0 Å². The van der Waals surface area contributed by atoms with Crippen molar-refractivity contribution in [3.05, 3.63) is 28.8 Å². The normalized spacial score (nSPS) is 16.6. The topological polar surface area (TPSA) is 58.4 Å². The van der Waals surface area contributed by atoms with Crippen LogP contribution in [0.1, 0.15) is 18.4 Å². The monoisotopic (exact) mass is 281 g/mol. The summed E-state index contributed by atoms with van der Waals surface area (Å²) in [4.78, 5) is 13.5. The molecule has 1 amide bonds. The van der Waals surface area contributed by atoms with E-state index in [0.717, 1.165) is 43.2 Å². The Labute approximate surface area is 118 Å². The molecule has 1 fully saturated rings. The minimum absolute atomic E-state index is 0.0168. The van der Waals surface area contributed by atoms with Gasteiger partial charge in [-0.15, -0.1) is 0 Å². The maximum Gasteiger partial charge on any atom is 0.220 e. The smallest absolute Gasteiger partial charge is 0.220 e. The molecule has 0 bridgehead atoms. The highest BCUT2D eigenvalue weighted by Crippen LogP contribution is 2.29. The van der Waals surface area contributed by atoms with Crippen LogP contribution in [0.15, 0.2) is 18.2 Å². The van der Waals surface area contributed by atoms with Crippen LogP contribution >= 0.6 is 11.6 Å². The van der Waals surface area contributed by atoms with E-state index in [1.54, 1.807) is 0 Å². The highest BCUT2D eigenvalue weighted by atomic mass is 35.5. The van der Waals surface area contributed by atoms with Gasteiger partial charge in [-0.3, -0.25) is 4.79 Å². The van der Waals surface area contributed by atoms with Crippen molar-refractivity contribution in [1.29, 1.82) is 0 Å². The molecule has 0 saturated carbocycles. The van der Waals surface area contributed by atoms with Gasteiger partial charge in [0.15, 0.2) is 0 Å². The second-order valence-corrected chi connectivity index (χ2v) is 5.40. The number of nitrogens with two attached hydrogens (primary N) is 1. The fourth-order valence-corrected chi connectivity index (χ4v) is 2.74. The zero-order chi connectivity index (χ0) is 13.8. The van der Waals surface area contributed by atoms with Crippen molar-refractivity contribution in [3.8, 4) is 0 Å². The van der Waals surface area contributed by atoms with Crippen molar-refractivity contribution in [3.63, 3.8) is 0 Å². The molecular weight excluding hydrogens is 262 g/mol. The number of rotatable bonds is 4. The molecule has 1 aromatic carbocycles. The number of carbonyl (C=O) groups excluding carboxylic acids is 1. The maximum absolute atomic E-state index is 11.2. The molecule has 0 aromatic heterocycles. The number of nitrogens with zero attached hydrogens (tertiary/aromatic N) is 1. The lowest BCUT2D eigenvalue weighted by atomic mass is 9.95. The standard InChI is InChI=1S/C14H20ClN3O/c1-17-9-11-2-3-12(15)8-13(11)18-6-4-10(5-7-18)14(16)19/h2-3,8,10,17H,4-7,9H2,1H3,(H2,16,19). The van der Waals surface area contributed by atoms with E-state index in [1.807, 2.05) is 25.2 Å². The molecule has 3 N–H and O–H groups in total. The van der Waals surface area contributed by atoms with Gasteiger partial charge in [0.2, 0.25) is 5.91 Å². The Hall–Kier alpha value is -1.26. The highest BCUT2D eigenvalue weighted by molar-refractivity contribution is 6.30. The van der Waals surface area contributed by atoms with Crippen LogP contribution in [-0.4, -0.2) is 26.0 Å². The van der Waals surface area contributed by atoms with E-state index in [-0.39, 0.29) is 11.8 Å². The predicted molar refractivity (Wildman–Crippen MR) is 78.3 cm³/mol. The molecule has 0 spiro atoms. The molecule has 2 rings (SSSR count). The first-order valence-corrected chi connectivity index (χ1v) is 6.97. The maximum atomic E-state index is 11.2. The van der Waals surface area contributed by atoms with Crippen LogP contribution in [0, 0.1) is 5.92 Å². The van der Waals surface area contributed by atoms with Crippen molar-refractivity contribution in [2.75, 3.05) is 25.0 Å². The van der Waals surface area contributed by atoms with Crippen molar-refractivity contribution in [2.45, 2.75) is 19.4 Å². The van der Waals surface area contributed by atoms with Gasteiger partial charge in [0, 0.05) is 36.3 Å². The summed E-state index contributed by atoms with van der Waals surface area (Å²) < 4.78 is 0. The quantitative estimate of drug-likeness (QED) is 0.884. The Kier molecular flexibility index (Phi) is 4.66. The molecule has 1 heterocycles. The zero-order valence-corrected chi connectivity index (χ0v) is 11.9. The number of hydrogen-bond donors (Lipinski definition) is 2. The number of anilines is 1. The number of hydrogen-bond acceptors (Lipinski definition) is 3. The Balaban J connectivity index is 2.14. The Morgan fingerprint density at radius 3 is 2.74 bits per heavy atom. The molecule has 0 atom stereocenters. The number of piperidine rings is 1. The molecule has 104 valence electrons. The predicted octanol–water partition coefficient (Wildman–Crippen LogP) is 1.76. The molecule has 0 radical (unpaired) electrons. The summed E-state index contributed by atoms with van der Waals surface area (Å²) in [5.74, 6) is -0.163. The largest absolute Gasteiger partial charge is 0.371 e. The minimum Gasteiger partial charge on any atom is -0.371 e. The molecule has 1 aliphatic rings. The summed E-state index contributed by atoms with van der Waals surface area (Å²) in [5, 5.41) is 3.91. The number of halogens is 1. The van der Waals surface area contributed by atoms with Gasteiger partial charge in [-0.1, -0.05) is 17.7 Å². The lowest BCUT2D eigenvalue weighted by Gasteiger charge is -2.33. The van der Waals surface area contributed by atoms with Gasteiger partial charge in [0.25, 0.3) is 0 Å². The zero-order valence-electron chi connectivity index (χ0n) is 11.2. The summed E-state index contributed by atoms with van der Waals surface area (Å²) in [7, 11) is 1.93. The average molecular weight is 282 g/mol. The van der Waals surface area contributed by atoms with Crippen molar-refractivity contribution < 1.29 is 4.79 Å². The first kappa shape index (κ1) is 14.2. The first-order chi connectivity index (χ1) is 9.11. The molecule has 1 aliphatic heterocycles. The third-order valence-corrected chi connectivity index (χ3v) is 3.89. The van der Waals surface area contributed by atoms with Gasteiger partial charge in [0.1, 0.15) is 0 Å². The van der Waals surface area contributed by atoms with E-state index < -0.39 is 0 Å². The van der Waals surface area contributed by atoms with Crippen molar-refractivity contribution in [2.24, 2.45) is 11.7 Å². The first-order valence-electron chi connectivity index (χ1n) is 6.59. The van der Waals surface area contributed by atoms with Crippen LogP contribution in [0.4, 0.5) is 5.69 Å². The van der Waals surface area contributed by atoms with Gasteiger partial charge >= 0.3 is 0 Å². The minimum atomic E-state index is -0.179. The molecule has 5 heteroatoms. The van der Waals surface area contributed by atoms with Crippen molar-refractivity contribution >= 4 is 23.2 Å². The van der Waals surface area contributed by atoms with Gasteiger partial charge in [-0.05, 0) is 37.6 Å². The van der Waals surface area contributed by atoms with E-state index in [9.17, 15) is 4.79 Å². The molecular formula is C14H20ClN3O. The van der Waals surface area contributed by atoms with E-state index in [0.29, 0.717) is 0 Å². The summed E-state index contributed by atoms with van der Waals surface area (Å²) in [6, 6.07) is 5.96. The van der Waals surface area contributed by atoms with Gasteiger partial charge in [0.05, 0.1) is 0 Å². The number of benzene rings is 1. The van der Waals surface area contributed by atoms with E-state index in [2.05, 4.69) is 10.2 Å². The number of nitrogens with one attached hydrogen (secondary N) is 1. The molecule has 0 unspecified atom stereocenters. The SMILES string of the molecule is CNCc1ccc(Cl)cc1N1CCC(C(N)=O)CC1. The number of primary amides is 1. The van der Waals surface area contributed by atoms with Gasteiger partial charge < -0.3 is 16.0 Å². The van der Waals surface area contributed by atoms with Gasteiger partial charge in [-0.25, -0.2) is 0 Å². The molecule has 19 heavy (non-hydrogen) atoms. The fraction of sp³-hybridized carbons (Fsp3) is 0.500. The molecule has 1 saturated heterocycles. The Morgan fingerprint density at radius 1 is 1.47 bits per heavy atom. The van der Waals surface area contributed by atoms with E-state index in [1.165, 1.54) is 5.56 Å². The summed E-state index contributed by atoms with van der Waals surface area (Å²) >= 11 is 6.09. The second kappa shape index (κ2) is 6.26.